The summed E-state index contributed by atoms with van der Waals surface area (Å²) in [6.45, 7) is 3.83. The third-order valence-corrected chi connectivity index (χ3v) is 4.04. The summed E-state index contributed by atoms with van der Waals surface area (Å²) in [7, 11) is 0. The highest BCUT2D eigenvalue weighted by atomic mass is 16.5. The van der Waals surface area contributed by atoms with Crippen molar-refractivity contribution < 1.29 is 4.52 Å². The maximum absolute atomic E-state index is 11.8. The summed E-state index contributed by atoms with van der Waals surface area (Å²) in [5, 5.41) is 4.04. The summed E-state index contributed by atoms with van der Waals surface area (Å²) in [4.78, 5) is 23.1. The van der Waals surface area contributed by atoms with Gasteiger partial charge >= 0.3 is 5.69 Å². The van der Waals surface area contributed by atoms with E-state index < -0.39 is 0 Å². The van der Waals surface area contributed by atoms with Crippen LogP contribution in [0.4, 0.5) is 0 Å². The van der Waals surface area contributed by atoms with Crippen LogP contribution in [0.2, 0.25) is 0 Å². The Morgan fingerprint density at radius 3 is 2.60 bits per heavy atom. The molecule has 0 amide bonds. The Balaban J connectivity index is 1.68. The van der Waals surface area contributed by atoms with Crippen molar-refractivity contribution in [3.63, 3.8) is 0 Å². The molecule has 1 N–H and O–H groups in total. The van der Waals surface area contributed by atoms with Crippen molar-refractivity contribution in [1.82, 2.24) is 24.7 Å². The summed E-state index contributed by atoms with van der Waals surface area (Å²) in [5.41, 5.74) is 4.09. The van der Waals surface area contributed by atoms with Crippen LogP contribution in [0.5, 0.6) is 0 Å². The first-order valence-electron chi connectivity index (χ1n) is 7.76. The predicted molar refractivity (Wildman–Crippen MR) is 92.4 cm³/mol. The zero-order chi connectivity index (χ0) is 17.4. The van der Waals surface area contributed by atoms with Crippen LogP contribution < -0.4 is 5.69 Å². The van der Waals surface area contributed by atoms with E-state index in [1.807, 2.05) is 44.2 Å². The van der Waals surface area contributed by atoms with Crippen molar-refractivity contribution in [2.24, 2.45) is 0 Å². The largest absolute Gasteiger partial charge is 0.334 e. The lowest BCUT2D eigenvalue weighted by molar-refractivity contribution is 0.432. The van der Waals surface area contributed by atoms with E-state index in [-0.39, 0.29) is 5.69 Å². The fourth-order valence-corrected chi connectivity index (χ4v) is 2.67. The molecular formula is C18H15N5O2. The van der Waals surface area contributed by atoms with Crippen molar-refractivity contribution in [2.45, 2.75) is 13.8 Å². The van der Waals surface area contributed by atoms with Crippen molar-refractivity contribution in [3.8, 4) is 28.5 Å². The minimum atomic E-state index is -0.167. The minimum Gasteiger partial charge on any atom is -0.334 e. The average Bonchev–Trinajstić information content (AvgIpc) is 3.23. The maximum atomic E-state index is 11.8. The molecule has 0 fully saturated rings. The lowest BCUT2D eigenvalue weighted by Crippen LogP contribution is -2.15. The number of hydrogen-bond acceptors (Lipinski definition) is 5. The van der Waals surface area contributed by atoms with E-state index in [4.69, 9.17) is 4.52 Å². The number of aryl methyl sites for hydroxylation is 2. The van der Waals surface area contributed by atoms with E-state index in [0.717, 1.165) is 28.1 Å². The highest BCUT2D eigenvalue weighted by molar-refractivity contribution is 5.62. The van der Waals surface area contributed by atoms with Crippen molar-refractivity contribution >= 4 is 0 Å². The van der Waals surface area contributed by atoms with Gasteiger partial charge in [0.05, 0.1) is 11.3 Å². The van der Waals surface area contributed by atoms with Gasteiger partial charge in [0.1, 0.15) is 0 Å². The van der Waals surface area contributed by atoms with Gasteiger partial charge in [-0.25, -0.2) is 4.79 Å². The molecule has 0 saturated heterocycles. The van der Waals surface area contributed by atoms with Crippen molar-refractivity contribution in [3.05, 3.63) is 70.7 Å². The van der Waals surface area contributed by atoms with E-state index in [0.29, 0.717) is 11.7 Å². The summed E-state index contributed by atoms with van der Waals surface area (Å²) < 4.78 is 6.97. The lowest BCUT2D eigenvalue weighted by Gasteiger charge is -2.04. The Morgan fingerprint density at radius 1 is 1.12 bits per heavy atom. The molecule has 0 unspecified atom stereocenters. The number of imidazole rings is 1. The van der Waals surface area contributed by atoms with E-state index in [2.05, 4.69) is 20.1 Å². The molecular weight excluding hydrogens is 318 g/mol. The van der Waals surface area contributed by atoms with Crippen LogP contribution in [0.3, 0.4) is 0 Å². The number of hydrogen-bond donors (Lipinski definition) is 1. The number of nitrogens with zero attached hydrogens (tertiary/aromatic N) is 4. The third-order valence-electron chi connectivity index (χ3n) is 4.04. The standard InChI is InChI=1S/C18H15N5O2/c1-11-7-8-19-10-15(11)17-21-16(22-25-17)13-3-5-14(6-4-13)23-12(2)9-20-18(23)24/h3-10H,1-2H3,(H,20,24). The van der Waals surface area contributed by atoms with Crippen LogP contribution >= 0.6 is 0 Å². The summed E-state index contributed by atoms with van der Waals surface area (Å²) in [6.07, 6.45) is 5.11. The molecule has 0 aliphatic carbocycles. The van der Waals surface area contributed by atoms with Gasteiger partial charge in [0.2, 0.25) is 5.82 Å². The Kier molecular flexibility index (Phi) is 3.53. The van der Waals surface area contributed by atoms with Gasteiger partial charge in [0, 0.05) is 29.8 Å². The summed E-state index contributed by atoms with van der Waals surface area (Å²) in [6, 6.07) is 9.31. The quantitative estimate of drug-likeness (QED) is 0.622. The first-order valence-corrected chi connectivity index (χ1v) is 7.76. The number of nitrogens with one attached hydrogen (secondary N) is 1. The highest BCUT2D eigenvalue weighted by Crippen LogP contribution is 2.24. The molecule has 0 atom stereocenters. The molecule has 3 heterocycles. The Bertz CT molecular complexity index is 1090. The maximum Gasteiger partial charge on any atom is 0.330 e. The van der Waals surface area contributed by atoms with Gasteiger partial charge in [-0.05, 0) is 49.7 Å². The monoisotopic (exact) mass is 333 g/mol. The van der Waals surface area contributed by atoms with Gasteiger partial charge in [-0.15, -0.1) is 0 Å². The molecule has 7 heteroatoms. The smallest absolute Gasteiger partial charge is 0.330 e. The molecule has 0 aliphatic rings. The van der Waals surface area contributed by atoms with Crippen molar-refractivity contribution in [1.29, 1.82) is 0 Å². The molecule has 0 radical (unpaired) electrons. The van der Waals surface area contributed by atoms with Gasteiger partial charge in [-0.1, -0.05) is 5.16 Å². The Labute approximate surface area is 143 Å². The summed E-state index contributed by atoms with van der Waals surface area (Å²) >= 11 is 0. The molecule has 3 aromatic heterocycles. The SMILES string of the molecule is Cc1ccncc1-c1nc(-c2ccc(-n3c(C)c[nH]c3=O)cc2)no1. The molecule has 1 aromatic carbocycles. The van der Waals surface area contributed by atoms with Crippen LogP contribution in [0.1, 0.15) is 11.3 Å². The first-order chi connectivity index (χ1) is 12.1. The molecule has 0 saturated carbocycles. The molecule has 7 nitrogen and oxygen atoms in total. The van der Waals surface area contributed by atoms with Crippen LogP contribution in [0.25, 0.3) is 28.5 Å². The van der Waals surface area contributed by atoms with E-state index >= 15 is 0 Å². The van der Waals surface area contributed by atoms with Gasteiger partial charge in [0.15, 0.2) is 0 Å². The number of benzene rings is 1. The fourth-order valence-electron chi connectivity index (χ4n) is 2.67. The predicted octanol–water partition coefficient (Wildman–Crippen LogP) is 2.89. The Hall–Kier alpha value is -3.48. The van der Waals surface area contributed by atoms with Gasteiger partial charge in [0.25, 0.3) is 5.89 Å². The van der Waals surface area contributed by atoms with Gasteiger partial charge in [-0.2, -0.15) is 4.98 Å². The van der Waals surface area contributed by atoms with Gasteiger partial charge in [-0.3, -0.25) is 9.55 Å². The van der Waals surface area contributed by atoms with E-state index in [9.17, 15) is 4.79 Å². The molecule has 0 bridgehead atoms. The second-order valence-corrected chi connectivity index (χ2v) is 5.73. The second-order valence-electron chi connectivity index (χ2n) is 5.73. The molecule has 0 spiro atoms. The van der Waals surface area contributed by atoms with Crippen LogP contribution in [0.15, 0.2) is 58.2 Å². The first kappa shape index (κ1) is 15.1. The molecule has 4 aromatic rings. The number of pyridine rings is 1. The molecule has 124 valence electrons. The number of aromatic amines is 1. The normalized spacial score (nSPS) is 11.0. The zero-order valence-corrected chi connectivity index (χ0v) is 13.7. The molecule has 4 rings (SSSR count). The topological polar surface area (TPSA) is 89.6 Å². The highest BCUT2D eigenvalue weighted by Gasteiger charge is 2.13. The number of H-pyrrole nitrogens is 1. The van der Waals surface area contributed by atoms with Crippen LogP contribution in [-0.2, 0) is 0 Å². The third kappa shape index (κ3) is 2.65. The average molecular weight is 333 g/mol. The Morgan fingerprint density at radius 2 is 1.92 bits per heavy atom. The van der Waals surface area contributed by atoms with E-state index in [1.54, 1.807) is 23.2 Å². The number of aromatic nitrogens is 5. The van der Waals surface area contributed by atoms with Gasteiger partial charge < -0.3 is 9.51 Å². The molecule has 0 aliphatic heterocycles. The molecule has 25 heavy (non-hydrogen) atoms. The van der Waals surface area contributed by atoms with E-state index in [1.165, 1.54) is 0 Å². The lowest BCUT2D eigenvalue weighted by atomic mass is 10.1. The fraction of sp³-hybridized carbons (Fsp3) is 0.111. The van der Waals surface area contributed by atoms with Crippen molar-refractivity contribution in [2.75, 3.05) is 0 Å². The van der Waals surface area contributed by atoms with Crippen LogP contribution in [-0.4, -0.2) is 24.7 Å². The zero-order valence-electron chi connectivity index (χ0n) is 13.7. The number of rotatable bonds is 3. The van der Waals surface area contributed by atoms with Crippen LogP contribution in [0, 0.1) is 13.8 Å². The second kappa shape index (κ2) is 5.86. The minimum absolute atomic E-state index is 0.167. The summed E-state index contributed by atoms with van der Waals surface area (Å²) in [5.74, 6) is 0.922.